The molecule has 3 rings (SSSR count). The Morgan fingerprint density at radius 2 is 1.96 bits per heavy atom. The molecule has 0 saturated heterocycles. The standard InChI is InChI=1S/C18H15N3O3S/c1-12(20-21-18(23)16-8-4-10-25-16)13-5-2-6-14(11-13)19-17(22)15-7-3-9-24-15/h2-11H,1H3,(H,19,22)(H,21,23). The molecule has 0 aliphatic carbocycles. The number of hydrogen-bond donors (Lipinski definition) is 2. The minimum Gasteiger partial charge on any atom is -0.459 e. The molecule has 6 nitrogen and oxygen atoms in total. The number of hydrazone groups is 1. The van der Waals surface area contributed by atoms with E-state index in [1.165, 1.54) is 17.6 Å². The van der Waals surface area contributed by atoms with Crippen LogP contribution in [0.2, 0.25) is 0 Å². The van der Waals surface area contributed by atoms with Gasteiger partial charge in [-0.3, -0.25) is 9.59 Å². The number of nitrogens with zero attached hydrogens (tertiary/aromatic N) is 1. The Kier molecular flexibility index (Phi) is 5.06. The Morgan fingerprint density at radius 3 is 2.68 bits per heavy atom. The number of carbonyl (C=O) groups excluding carboxylic acids is 2. The van der Waals surface area contributed by atoms with Crippen LogP contribution in [-0.4, -0.2) is 17.5 Å². The molecular weight excluding hydrogens is 338 g/mol. The first kappa shape index (κ1) is 16.7. The fraction of sp³-hybridized carbons (Fsp3) is 0.0556. The van der Waals surface area contributed by atoms with Gasteiger partial charge in [0.25, 0.3) is 11.8 Å². The van der Waals surface area contributed by atoms with Crippen LogP contribution in [0, 0.1) is 0 Å². The third kappa shape index (κ3) is 4.21. The van der Waals surface area contributed by atoms with Gasteiger partial charge in [0.1, 0.15) is 0 Å². The largest absolute Gasteiger partial charge is 0.459 e. The summed E-state index contributed by atoms with van der Waals surface area (Å²) < 4.78 is 5.06. The van der Waals surface area contributed by atoms with E-state index in [9.17, 15) is 9.59 Å². The van der Waals surface area contributed by atoms with Gasteiger partial charge in [0.05, 0.1) is 16.9 Å². The lowest BCUT2D eigenvalue weighted by molar-refractivity contribution is 0.0957. The van der Waals surface area contributed by atoms with Crippen LogP contribution in [0.1, 0.15) is 32.7 Å². The van der Waals surface area contributed by atoms with Gasteiger partial charge in [-0.25, -0.2) is 5.43 Å². The SMILES string of the molecule is CC(=NNC(=O)c1cccs1)c1cccc(NC(=O)c2ccco2)c1. The molecule has 0 fully saturated rings. The lowest BCUT2D eigenvalue weighted by Crippen LogP contribution is -2.18. The monoisotopic (exact) mass is 353 g/mol. The molecule has 0 atom stereocenters. The zero-order valence-electron chi connectivity index (χ0n) is 13.4. The number of nitrogens with one attached hydrogen (secondary N) is 2. The molecule has 2 N–H and O–H groups in total. The minimum atomic E-state index is -0.331. The summed E-state index contributed by atoms with van der Waals surface area (Å²) in [4.78, 5) is 24.5. The second-order valence-corrected chi connectivity index (χ2v) is 6.08. The summed E-state index contributed by atoms with van der Waals surface area (Å²) in [6.07, 6.45) is 1.44. The van der Waals surface area contributed by atoms with Gasteiger partial charge < -0.3 is 9.73 Å². The molecule has 1 aromatic carbocycles. The summed E-state index contributed by atoms with van der Waals surface area (Å²) in [7, 11) is 0. The second-order valence-electron chi connectivity index (χ2n) is 5.13. The smallest absolute Gasteiger partial charge is 0.291 e. The van der Waals surface area contributed by atoms with Crippen molar-refractivity contribution in [2.75, 3.05) is 5.32 Å². The van der Waals surface area contributed by atoms with E-state index in [-0.39, 0.29) is 17.6 Å². The van der Waals surface area contributed by atoms with Gasteiger partial charge >= 0.3 is 0 Å². The molecule has 2 aromatic heterocycles. The first-order chi connectivity index (χ1) is 12.1. The molecule has 25 heavy (non-hydrogen) atoms. The van der Waals surface area contributed by atoms with Crippen molar-refractivity contribution in [3.05, 3.63) is 76.4 Å². The number of rotatable bonds is 5. The van der Waals surface area contributed by atoms with Crippen molar-refractivity contribution < 1.29 is 14.0 Å². The third-order valence-electron chi connectivity index (χ3n) is 3.35. The summed E-state index contributed by atoms with van der Waals surface area (Å²) >= 11 is 1.35. The topological polar surface area (TPSA) is 83.7 Å². The van der Waals surface area contributed by atoms with Gasteiger partial charge in [-0.15, -0.1) is 11.3 Å². The molecule has 2 amide bonds. The predicted octanol–water partition coefficient (Wildman–Crippen LogP) is 3.75. The molecule has 0 radical (unpaired) electrons. The van der Waals surface area contributed by atoms with E-state index >= 15 is 0 Å². The first-order valence-corrected chi connectivity index (χ1v) is 8.35. The van der Waals surface area contributed by atoms with E-state index in [1.54, 1.807) is 49.4 Å². The predicted molar refractivity (Wildman–Crippen MR) is 97.1 cm³/mol. The van der Waals surface area contributed by atoms with Gasteiger partial charge in [-0.2, -0.15) is 5.10 Å². The van der Waals surface area contributed by atoms with Crippen molar-refractivity contribution in [3.63, 3.8) is 0 Å². The first-order valence-electron chi connectivity index (χ1n) is 7.47. The molecule has 126 valence electrons. The number of hydrogen-bond acceptors (Lipinski definition) is 5. The van der Waals surface area contributed by atoms with Gasteiger partial charge in [0.15, 0.2) is 5.76 Å². The van der Waals surface area contributed by atoms with Crippen LogP contribution in [0.5, 0.6) is 0 Å². The molecule has 0 aliphatic heterocycles. The lowest BCUT2D eigenvalue weighted by Gasteiger charge is -2.06. The maximum atomic E-state index is 12.0. The zero-order valence-corrected chi connectivity index (χ0v) is 14.2. The number of amides is 2. The van der Waals surface area contributed by atoms with E-state index < -0.39 is 0 Å². The average Bonchev–Trinajstić information content (AvgIpc) is 3.33. The number of furan rings is 1. The van der Waals surface area contributed by atoms with Gasteiger partial charge in [-0.05, 0) is 48.2 Å². The molecule has 0 saturated carbocycles. The molecular formula is C18H15N3O3S. The zero-order chi connectivity index (χ0) is 17.6. The fourth-order valence-electron chi connectivity index (χ4n) is 2.08. The summed E-state index contributed by atoms with van der Waals surface area (Å²) in [5, 5.41) is 8.70. The van der Waals surface area contributed by atoms with Crippen molar-refractivity contribution in [2.45, 2.75) is 6.92 Å². The molecule has 3 aromatic rings. The molecule has 7 heteroatoms. The van der Waals surface area contributed by atoms with E-state index in [0.717, 1.165) is 5.56 Å². The highest BCUT2D eigenvalue weighted by Crippen LogP contribution is 2.14. The highest BCUT2D eigenvalue weighted by atomic mass is 32.1. The van der Waals surface area contributed by atoms with E-state index in [4.69, 9.17) is 4.42 Å². The Labute approximate surface area is 148 Å². The van der Waals surface area contributed by atoms with Crippen LogP contribution in [0.15, 0.2) is 69.7 Å². The fourth-order valence-corrected chi connectivity index (χ4v) is 2.70. The van der Waals surface area contributed by atoms with E-state index in [0.29, 0.717) is 16.3 Å². The van der Waals surface area contributed by atoms with Crippen molar-refractivity contribution >= 4 is 34.6 Å². The van der Waals surface area contributed by atoms with Crippen LogP contribution in [-0.2, 0) is 0 Å². The third-order valence-corrected chi connectivity index (χ3v) is 4.22. The molecule has 0 aliphatic rings. The number of anilines is 1. The van der Waals surface area contributed by atoms with E-state index in [1.807, 2.05) is 11.4 Å². The van der Waals surface area contributed by atoms with Gasteiger partial charge in [0.2, 0.25) is 0 Å². The van der Waals surface area contributed by atoms with Crippen LogP contribution >= 0.6 is 11.3 Å². The summed E-state index contributed by atoms with van der Waals surface area (Å²) in [5.74, 6) is -0.349. The van der Waals surface area contributed by atoms with Gasteiger partial charge in [0, 0.05) is 5.69 Å². The summed E-state index contributed by atoms with van der Waals surface area (Å²) in [5.41, 5.74) is 4.54. The normalized spacial score (nSPS) is 11.2. The van der Waals surface area contributed by atoms with Crippen LogP contribution < -0.4 is 10.7 Å². The average molecular weight is 353 g/mol. The molecule has 2 heterocycles. The highest BCUT2D eigenvalue weighted by Gasteiger charge is 2.10. The Hall–Kier alpha value is -3.19. The van der Waals surface area contributed by atoms with Crippen molar-refractivity contribution in [1.82, 2.24) is 5.43 Å². The van der Waals surface area contributed by atoms with Crippen molar-refractivity contribution in [1.29, 1.82) is 0 Å². The Morgan fingerprint density at radius 1 is 1.08 bits per heavy atom. The van der Waals surface area contributed by atoms with Crippen LogP contribution in [0.3, 0.4) is 0 Å². The molecule has 0 spiro atoms. The molecule has 0 bridgehead atoms. The number of carbonyl (C=O) groups is 2. The number of thiophene rings is 1. The minimum absolute atomic E-state index is 0.235. The maximum absolute atomic E-state index is 12.0. The van der Waals surface area contributed by atoms with Crippen LogP contribution in [0.25, 0.3) is 0 Å². The Balaban J connectivity index is 1.68. The number of benzene rings is 1. The highest BCUT2D eigenvalue weighted by molar-refractivity contribution is 7.12. The lowest BCUT2D eigenvalue weighted by atomic mass is 10.1. The van der Waals surface area contributed by atoms with Crippen molar-refractivity contribution in [3.8, 4) is 0 Å². The Bertz CT molecular complexity index is 900. The van der Waals surface area contributed by atoms with Crippen molar-refractivity contribution in [2.24, 2.45) is 5.10 Å². The summed E-state index contributed by atoms with van der Waals surface area (Å²) in [6, 6.07) is 14.0. The second kappa shape index (κ2) is 7.59. The van der Waals surface area contributed by atoms with Crippen LogP contribution in [0.4, 0.5) is 5.69 Å². The molecule has 0 unspecified atom stereocenters. The summed E-state index contributed by atoms with van der Waals surface area (Å²) in [6.45, 7) is 1.78. The quantitative estimate of drug-likeness (QED) is 0.541. The van der Waals surface area contributed by atoms with E-state index in [2.05, 4.69) is 15.8 Å². The maximum Gasteiger partial charge on any atom is 0.291 e. The van der Waals surface area contributed by atoms with Gasteiger partial charge in [-0.1, -0.05) is 18.2 Å².